The monoisotopic (exact) mass is 611 g/mol. The standard InChI is InChI=1S/C29H34FN7O5S/c1-17(2)34-26(39)28(4,5)36-23(38)22-18(3)24(37-32-12-13-33-37)43-25(22)35(27(36)40)16-29(6,42-14-8-11-31)20-15-19(30)9-10-21(20)41-7/h9-10,12-13,15,17H,8,14,16H2,1-7H3,(H,34,39)/t29-/m0/s1. The third kappa shape index (κ3) is 5.82. The number of fused-ring (bicyclic) bond motifs is 1. The first kappa shape index (κ1) is 31.6. The van der Waals surface area contributed by atoms with E-state index in [0.29, 0.717) is 26.7 Å². The minimum atomic E-state index is -1.60. The quantitative estimate of drug-likeness (QED) is 0.254. The molecule has 0 spiro atoms. The topological polar surface area (TPSA) is 146 Å². The summed E-state index contributed by atoms with van der Waals surface area (Å²) in [5.41, 5.74) is -3.63. The molecule has 0 saturated carbocycles. The summed E-state index contributed by atoms with van der Waals surface area (Å²) in [7, 11) is 1.43. The van der Waals surface area contributed by atoms with E-state index in [9.17, 15) is 24.0 Å². The number of hydrogen-bond acceptors (Lipinski definition) is 9. The summed E-state index contributed by atoms with van der Waals surface area (Å²) in [5.74, 6) is -0.771. The molecule has 1 amide bonds. The lowest BCUT2D eigenvalue weighted by atomic mass is 9.94. The Morgan fingerprint density at radius 1 is 1.21 bits per heavy atom. The number of nitrogens with one attached hydrogen (secondary N) is 1. The Morgan fingerprint density at radius 3 is 2.49 bits per heavy atom. The van der Waals surface area contributed by atoms with E-state index in [1.165, 1.54) is 60.9 Å². The molecule has 0 saturated heterocycles. The first-order valence-corrected chi connectivity index (χ1v) is 14.4. The Morgan fingerprint density at radius 2 is 1.88 bits per heavy atom. The number of aromatic nitrogens is 5. The molecule has 4 aromatic rings. The lowest BCUT2D eigenvalue weighted by Crippen LogP contribution is -2.57. The molecule has 14 heteroatoms. The van der Waals surface area contributed by atoms with Gasteiger partial charge in [0.1, 0.15) is 32.5 Å². The SMILES string of the molecule is COc1ccc(F)cc1[C@](C)(Cn1c(=O)n(C(C)(C)C(=O)NC(C)C)c(=O)c2c(C)c(-n3nccn3)sc21)OCCC#N. The molecule has 0 bridgehead atoms. The normalized spacial score (nSPS) is 13.2. The summed E-state index contributed by atoms with van der Waals surface area (Å²) < 4.78 is 28.6. The van der Waals surface area contributed by atoms with Gasteiger partial charge in [-0.05, 0) is 59.7 Å². The van der Waals surface area contributed by atoms with Crippen LogP contribution in [0.5, 0.6) is 5.75 Å². The molecular weight excluding hydrogens is 577 g/mol. The Hall–Kier alpha value is -4.35. The number of carbonyl (C=O) groups is 1. The average molecular weight is 612 g/mol. The summed E-state index contributed by atoms with van der Waals surface area (Å²) in [6.07, 6.45) is 3.02. The zero-order valence-corrected chi connectivity index (χ0v) is 25.9. The minimum Gasteiger partial charge on any atom is -0.496 e. The van der Waals surface area contributed by atoms with Crippen molar-refractivity contribution in [2.24, 2.45) is 0 Å². The van der Waals surface area contributed by atoms with Crippen LogP contribution in [0.25, 0.3) is 15.2 Å². The molecule has 1 aromatic carbocycles. The number of methoxy groups -OCH3 is 1. The number of hydrogen-bond donors (Lipinski definition) is 1. The smallest absolute Gasteiger partial charge is 0.333 e. The Balaban J connectivity index is 2.08. The van der Waals surface area contributed by atoms with E-state index in [1.54, 1.807) is 27.7 Å². The second-order valence-corrected chi connectivity index (χ2v) is 12.0. The minimum absolute atomic E-state index is 0.0294. The van der Waals surface area contributed by atoms with Crippen LogP contribution >= 0.6 is 11.3 Å². The van der Waals surface area contributed by atoms with E-state index in [2.05, 4.69) is 15.5 Å². The second kappa shape index (κ2) is 12.1. The predicted octanol–water partition coefficient (Wildman–Crippen LogP) is 3.37. The molecule has 3 heterocycles. The Bertz CT molecular complexity index is 1820. The molecule has 0 radical (unpaired) electrons. The van der Waals surface area contributed by atoms with Crippen molar-refractivity contribution in [3.8, 4) is 16.8 Å². The van der Waals surface area contributed by atoms with Crippen molar-refractivity contribution >= 4 is 27.5 Å². The number of aryl methyl sites for hydroxylation is 1. The van der Waals surface area contributed by atoms with Crippen LogP contribution in [0.4, 0.5) is 4.39 Å². The van der Waals surface area contributed by atoms with Crippen molar-refractivity contribution in [2.75, 3.05) is 13.7 Å². The van der Waals surface area contributed by atoms with Crippen LogP contribution in [0.1, 0.15) is 52.2 Å². The van der Waals surface area contributed by atoms with Crippen molar-refractivity contribution in [3.05, 3.63) is 68.4 Å². The van der Waals surface area contributed by atoms with Gasteiger partial charge in [-0.2, -0.15) is 15.5 Å². The van der Waals surface area contributed by atoms with E-state index in [1.807, 2.05) is 6.07 Å². The maximum Gasteiger partial charge on any atom is 0.333 e. The van der Waals surface area contributed by atoms with Crippen LogP contribution in [-0.4, -0.2) is 49.8 Å². The number of nitriles is 1. The van der Waals surface area contributed by atoms with Gasteiger partial charge in [0.25, 0.3) is 5.56 Å². The molecule has 0 fully saturated rings. The Labute approximate surface area is 251 Å². The highest BCUT2D eigenvalue weighted by atomic mass is 32.1. The van der Waals surface area contributed by atoms with Crippen molar-refractivity contribution in [1.29, 1.82) is 5.26 Å². The summed E-state index contributed by atoms with van der Waals surface area (Å²) in [5, 5.41) is 21.1. The van der Waals surface area contributed by atoms with Gasteiger partial charge in [0, 0.05) is 17.2 Å². The van der Waals surface area contributed by atoms with E-state index in [-0.39, 0.29) is 31.0 Å². The van der Waals surface area contributed by atoms with Gasteiger partial charge < -0.3 is 14.8 Å². The molecule has 3 aromatic heterocycles. The van der Waals surface area contributed by atoms with Gasteiger partial charge in [0.2, 0.25) is 5.91 Å². The van der Waals surface area contributed by atoms with Crippen LogP contribution in [-0.2, 0) is 27.2 Å². The first-order chi connectivity index (χ1) is 20.3. The number of thiophene rings is 1. The number of rotatable bonds is 11. The van der Waals surface area contributed by atoms with Gasteiger partial charge in [-0.3, -0.25) is 14.2 Å². The predicted molar refractivity (Wildman–Crippen MR) is 159 cm³/mol. The van der Waals surface area contributed by atoms with Gasteiger partial charge in [0.15, 0.2) is 0 Å². The molecule has 0 aliphatic heterocycles. The number of amides is 1. The van der Waals surface area contributed by atoms with Gasteiger partial charge in [-0.15, -0.1) is 4.80 Å². The third-order valence-electron chi connectivity index (χ3n) is 7.15. The molecule has 0 aliphatic rings. The number of ether oxygens (including phenoxy) is 2. The van der Waals surface area contributed by atoms with E-state index in [4.69, 9.17) is 9.47 Å². The first-order valence-electron chi connectivity index (χ1n) is 13.6. The molecule has 228 valence electrons. The highest BCUT2D eigenvalue weighted by Gasteiger charge is 2.39. The Kier molecular flexibility index (Phi) is 8.89. The van der Waals surface area contributed by atoms with Crippen molar-refractivity contribution in [2.45, 2.75) is 71.7 Å². The molecule has 12 nitrogen and oxygen atoms in total. The van der Waals surface area contributed by atoms with Crippen molar-refractivity contribution in [3.63, 3.8) is 0 Å². The summed E-state index contributed by atoms with van der Waals surface area (Å²) >= 11 is 1.13. The van der Waals surface area contributed by atoms with Crippen LogP contribution in [0.15, 0.2) is 40.2 Å². The fourth-order valence-corrected chi connectivity index (χ4v) is 6.15. The molecule has 4 rings (SSSR count). The van der Waals surface area contributed by atoms with Gasteiger partial charge >= 0.3 is 5.69 Å². The molecule has 0 unspecified atom stereocenters. The number of carbonyl (C=O) groups excluding carboxylic acids is 1. The fourth-order valence-electron chi connectivity index (χ4n) is 4.94. The van der Waals surface area contributed by atoms with Gasteiger partial charge in [0.05, 0.1) is 50.5 Å². The molecule has 1 atom stereocenters. The summed E-state index contributed by atoms with van der Waals surface area (Å²) in [6, 6.07) is 5.72. The van der Waals surface area contributed by atoms with E-state index >= 15 is 0 Å². The van der Waals surface area contributed by atoms with Crippen LogP contribution < -0.4 is 21.3 Å². The van der Waals surface area contributed by atoms with Crippen LogP contribution in [0.2, 0.25) is 0 Å². The number of nitrogens with zero attached hydrogens (tertiary/aromatic N) is 6. The lowest BCUT2D eigenvalue weighted by Gasteiger charge is -2.33. The maximum absolute atomic E-state index is 14.6. The van der Waals surface area contributed by atoms with Gasteiger partial charge in [-0.25, -0.2) is 13.8 Å². The average Bonchev–Trinajstić information content (AvgIpc) is 3.59. The van der Waals surface area contributed by atoms with Crippen molar-refractivity contribution < 1.29 is 18.7 Å². The van der Waals surface area contributed by atoms with E-state index in [0.717, 1.165) is 15.9 Å². The lowest BCUT2D eigenvalue weighted by molar-refractivity contribution is -0.129. The van der Waals surface area contributed by atoms with Crippen LogP contribution in [0, 0.1) is 24.1 Å². The molecule has 43 heavy (non-hydrogen) atoms. The zero-order chi connectivity index (χ0) is 31.7. The highest BCUT2D eigenvalue weighted by molar-refractivity contribution is 7.21. The van der Waals surface area contributed by atoms with Gasteiger partial charge in [-0.1, -0.05) is 11.3 Å². The third-order valence-corrected chi connectivity index (χ3v) is 8.43. The maximum atomic E-state index is 14.6. The summed E-state index contributed by atoms with van der Waals surface area (Å²) in [4.78, 5) is 43.5. The second-order valence-electron chi connectivity index (χ2n) is 11.1. The number of benzene rings is 1. The van der Waals surface area contributed by atoms with Crippen LogP contribution in [0.3, 0.4) is 0 Å². The van der Waals surface area contributed by atoms with Crippen molar-refractivity contribution in [1.82, 2.24) is 29.4 Å². The highest BCUT2D eigenvalue weighted by Crippen LogP contribution is 2.37. The molecule has 0 aliphatic carbocycles. The fraction of sp³-hybridized carbons (Fsp3) is 0.448. The zero-order valence-electron chi connectivity index (χ0n) is 25.1. The number of halogens is 1. The summed E-state index contributed by atoms with van der Waals surface area (Å²) in [6.45, 7) is 9.68. The molecular formula is C29H34FN7O5S. The molecule has 1 N–H and O–H groups in total. The largest absolute Gasteiger partial charge is 0.496 e. The van der Waals surface area contributed by atoms with E-state index < -0.39 is 34.1 Å².